The number of hydrogen-bond acceptors (Lipinski definition) is 1. The normalized spacial score (nSPS) is 10.1. The Morgan fingerprint density at radius 2 is 1.28 bits per heavy atom. The Bertz CT molecular complexity index is 153. The smallest absolute Gasteiger partial charge is 0.414 e. The summed E-state index contributed by atoms with van der Waals surface area (Å²) in [7, 11) is 0. The first-order valence-corrected chi connectivity index (χ1v) is 7.45. The standard InChI is InChI=1S/C15H30NO.BrH/c1-2-3-4-5-6-7-8-9-10-11-14-17-15-12-13-16;/h13H,2-12,14-15H2,1H3;1H/q+1;/p-1. The molecule has 0 aromatic carbocycles. The number of nitrogens with zero attached hydrogens (tertiary/aromatic N) is 1. The largest absolute Gasteiger partial charge is 1.00 e. The summed E-state index contributed by atoms with van der Waals surface area (Å²) >= 11 is 0. The second kappa shape index (κ2) is 19.4. The number of halogens is 1. The topological polar surface area (TPSA) is 31.5 Å². The van der Waals surface area contributed by atoms with Crippen molar-refractivity contribution in [2.45, 2.75) is 77.6 Å². The molecule has 0 bridgehead atoms. The van der Waals surface area contributed by atoms with Gasteiger partial charge in [-0.15, -0.1) is 0 Å². The predicted molar refractivity (Wildman–Crippen MR) is 75.5 cm³/mol. The van der Waals surface area contributed by atoms with Crippen LogP contribution in [0.15, 0.2) is 0 Å². The van der Waals surface area contributed by atoms with E-state index in [2.05, 4.69) is 6.92 Å². The molecular formula is C15H30BrNO. The van der Waals surface area contributed by atoms with Gasteiger partial charge in [0.05, 0.1) is 13.0 Å². The number of hydrogen-bond donors (Lipinski definition) is 0. The second-order valence-electron chi connectivity index (χ2n) is 4.77. The first-order valence-electron chi connectivity index (χ1n) is 7.45. The van der Waals surface area contributed by atoms with Crippen molar-refractivity contribution in [3.8, 4) is 0 Å². The van der Waals surface area contributed by atoms with Crippen molar-refractivity contribution >= 4 is 6.21 Å². The lowest BCUT2D eigenvalue weighted by Gasteiger charge is -2.02. The number of unbranched alkanes of at least 4 members (excludes halogenated alkanes) is 9. The van der Waals surface area contributed by atoms with Crippen LogP contribution in [-0.4, -0.2) is 19.4 Å². The van der Waals surface area contributed by atoms with Gasteiger partial charge in [0.25, 0.3) is 0 Å². The third-order valence-corrected chi connectivity index (χ3v) is 3.03. The molecule has 0 aromatic heterocycles. The molecule has 0 unspecified atom stereocenters. The fourth-order valence-electron chi connectivity index (χ4n) is 1.93. The maximum absolute atomic E-state index is 8.44. The van der Waals surface area contributed by atoms with Gasteiger partial charge in [0.15, 0.2) is 0 Å². The predicted octanol–water partition coefficient (Wildman–Crippen LogP) is 1.19. The third kappa shape index (κ3) is 18.5. The van der Waals surface area contributed by atoms with Crippen molar-refractivity contribution in [1.82, 2.24) is 5.41 Å². The summed E-state index contributed by atoms with van der Waals surface area (Å²) in [5.74, 6) is 0. The first kappa shape index (κ1) is 20.4. The zero-order chi connectivity index (χ0) is 12.6. The van der Waals surface area contributed by atoms with E-state index in [0.717, 1.165) is 6.61 Å². The maximum atomic E-state index is 8.44. The maximum Gasteiger partial charge on any atom is 0.414 e. The Morgan fingerprint density at radius 1 is 0.778 bits per heavy atom. The van der Waals surface area contributed by atoms with Gasteiger partial charge in [-0.3, -0.25) is 0 Å². The van der Waals surface area contributed by atoms with Crippen molar-refractivity contribution < 1.29 is 21.7 Å². The van der Waals surface area contributed by atoms with Crippen LogP contribution >= 0.6 is 0 Å². The molecule has 0 aliphatic heterocycles. The number of rotatable bonds is 14. The Labute approximate surface area is 124 Å². The lowest BCUT2D eigenvalue weighted by atomic mass is 10.1. The fourth-order valence-corrected chi connectivity index (χ4v) is 1.93. The van der Waals surface area contributed by atoms with Crippen molar-refractivity contribution in [2.75, 3.05) is 13.2 Å². The van der Waals surface area contributed by atoms with E-state index in [9.17, 15) is 0 Å². The summed E-state index contributed by atoms with van der Waals surface area (Å²) in [5.41, 5.74) is 0. The molecule has 0 spiro atoms. The van der Waals surface area contributed by atoms with Crippen LogP contribution in [0.3, 0.4) is 0 Å². The van der Waals surface area contributed by atoms with Crippen LogP contribution in [0, 0.1) is 0 Å². The van der Waals surface area contributed by atoms with E-state index in [1.165, 1.54) is 70.4 Å². The monoisotopic (exact) mass is 319 g/mol. The Kier molecular flexibility index (Phi) is 22.1. The van der Waals surface area contributed by atoms with E-state index in [-0.39, 0.29) is 17.0 Å². The van der Waals surface area contributed by atoms with Crippen LogP contribution < -0.4 is 22.4 Å². The SMILES string of the molecule is CCCCCCCCCCCCOCCC=[N+].[Br-]. The zero-order valence-corrected chi connectivity index (χ0v) is 13.6. The minimum absolute atomic E-state index is 0. The van der Waals surface area contributed by atoms with Crippen molar-refractivity contribution in [2.24, 2.45) is 0 Å². The molecule has 0 fully saturated rings. The van der Waals surface area contributed by atoms with Gasteiger partial charge in [-0.2, -0.15) is 0 Å². The molecule has 0 aliphatic rings. The lowest BCUT2D eigenvalue weighted by Crippen LogP contribution is -3.00. The highest BCUT2D eigenvalue weighted by molar-refractivity contribution is 5.53. The molecule has 18 heavy (non-hydrogen) atoms. The molecular weight excluding hydrogens is 290 g/mol. The highest BCUT2D eigenvalue weighted by atomic mass is 79.9. The lowest BCUT2D eigenvalue weighted by molar-refractivity contribution is -0.00000472. The molecule has 0 aliphatic carbocycles. The van der Waals surface area contributed by atoms with Crippen LogP contribution in [-0.2, 0) is 4.74 Å². The fraction of sp³-hybridized carbons (Fsp3) is 0.933. The summed E-state index contributed by atoms with van der Waals surface area (Å²) in [6.45, 7) is 3.78. The molecule has 108 valence electrons. The highest BCUT2D eigenvalue weighted by Crippen LogP contribution is 2.10. The van der Waals surface area contributed by atoms with Crippen molar-refractivity contribution in [1.29, 1.82) is 0 Å². The molecule has 0 rings (SSSR count). The average molecular weight is 320 g/mol. The highest BCUT2D eigenvalue weighted by Gasteiger charge is 1.93. The van der Waals surface area contributed by atoms with E-state index in [0.29, 0.717) is 13.0 Å². The van der Waals surface area contributed by atoms with Gasteiger partial charge < -0.3 is 21.7 Å². The number of ether oxygens (including phenoxy) is 1. The van der Waals surface area contributed by atoms with Crippen molar-refractivity contribution in [3.05, 3.63) is 0 Å². The molecule has 0 amide bonds. The molecule has 2 radical (unpaired) electrons. The summed E-state index contributed by atoms with van der Waals surface area (Å²) < 4.78 is 5.35. The van der Waals surface area contributed by atoms with Gasteiger partial charge >= 0.3 is 11.6 Å². The quantitative estimate of drug-likeness (QED) is 0.349. The van der Waals surface area contributed by atoms with E-state index in [1.54, 1.807) is 0 Å². The Hall–Kier alpha value is 0.110. The average Bonchev–Trinajstić information content (AvgIpc) is 2.35. The van der Waals surface area contributed by atoms with Gasteiger partial charge in [-0.25, -0.2) is 0 Å². The van der Waals surface area contributed by atoms with E-state index >= 15 is 0 Å². The van der Waals surface area contributed by atoms with Crippen LogP contribution in [0.5, 0.6) is 0 Å². The molecule has 0 saturated carbocycles. The first-order chi connectivity index (χ1) is 8.41. The van der Waals surface area contributed by atoms with Gasteiger partial charge in [0, 0.05) is 6.61 Å². The van der Waals surface area contributed by atoms with Crippen LogP contribution in [0.25, 0.3) is 0 Å². The van der Waals surface area contributed by atoms with Gasteiger partial charge in [0.2, 0.25) is 0 Å². The van der Waals surface area contributed by atoms with E-state index in [4.69, 9.17) is 10.1 Å². The summed E-state index contributed by atoms with van der Waals surface area (Å²) in [6, 6.07) is 0. The summed E-state index contributed by atoms with van der Waals surface area (Å²) in [5, 5.41) is 8.44. The molecule has 0 heterocycles. The third-order valence-electron chi connectivity index (χ3n) is 3.03. The Morgan fingerprint density at radius 3 is 1.78 bits per heavy atom. The van der Waals surface area contributed by atoms with Gasteiger partial charge in [0.1, 0.15) is 0 Å². The molecule has 0 aromatic rings. The zero-order valence-electron chi connectivity index (χ0n) is 12.0. The van der Waals surface area contributed by atoms with Crippen LogP contribution in [0.1, 0.15) is 77.6 Å². The van der Waals surface area contributed by atoms with Crippen LogP contribution in [0.2, 0.25) is 0 Å². The minimum Gasteiger partial charge on any atom is -1.00 e. The summed E-state index contributed by atoms with van der Waals surface area (Å²) in [4.78, 5) is 0. The minimum atomic E-state index is 0. The summed E-state index contributed by atoms with van der Waals surface area (Å²) in [6.07, 6.45) is 15.4. The molecule has 3 heteroatoms. The van der Waals surface area contributed by atoms with Gasteiger partial charge in [-0.05, 0) is 6.42 Å². The second-order valence-corrected chi connectivity index (χ2v) is 4.77. The molecule has 2 nitrogen and oxygen atoms in total. The molecule has 0 N–H and O–H groups in total. The van der Waals surface area contributed by atoms with E-state index in [1.807, 2.05) is 0 Å². The molecule has 0 atom stereocenters. The van der Waals surface area contributed by atoms with Crippen LogP contribution in [0.4, 0.5) is 0 Å². The van der Waals surface area contributed by atoms with Crippen molar-refractivity contribution in [3.63, 3.8) is 0 Å². The van der Waals surface area contributed by atoms with E-state index < -0.39 is 0 Å². The van der Waals surface area contributed by atoms with Gasteiger partial charge in [-0.1, -0.05) is 64.7 Å². The molecule has 0 saturated heterocycles. The Balaban J connectivity index is 0.